The predicted molar refractivity (Wildman–Crippen MR) is 122 cm³/mol. The van der Waals surface area contributed by atoms with Gasteiger partial charge in [0.15, 0.2) is 0 Å². The maximum Gasteiger partial charge on any atom is 0.112 e. The molecule has 0 spiro atoms. The molecule has 152 valence electrons. The molecule has 0 bridgehead atoms. The number of unbranched alkanes of at least 4 members (excludes halogenated alkanes) is 15. The van der Waals surface area contributed by atoms with Crippen molar-refractivity contribution in [3.8, 4) is 0 Å². The highest BCUT2D eigenvalue weighted by Crippen LogP contribution is 2.15. The molecule has 0 saturated carbocycles. The monoisotopic (exact) mass is 371 g/mol. The summed E-state index contributed by atoms with van der Waals surface area (Å²) < 4.78 is 0. The maximum atomic E-state index is 2.44. The Bertz CT molecular complexity index is 236. The summed E-state index contributed by atoms with van der Waals surface area (Å²) in [5, 5.41) is 0.916. The second kappa shape index (κ2) is 20.7. The molecule has 0 heterocycles. The molecule has 1 heteroatoms. The van der Waals surface area contributed by atoms with Gasteiger partial charge in [0.2, 0.25) is 0 Å². The van der Waals surface area contributed by atoms with Gasteiger partial charge in [0.25, 0.3) is 0 Å². The number of rotatable bonds is 20. The first kappa shape index (κ1) is 25.4. The number of hydrogen-bond acceptors (Lipinski definition) is 0. The van der Waals surface area contributed by atoms with Crippen molar-refractivity contribution >= 4 is 10.9 Å². The maximum absolute atomic E-state index is 2.44. The van der Waals surface area contributed by atoms with Gasteiger partial charge in [-0.05, 0) is 50.4 Å². The van der Waals surface area contributed by atoms with E-state index in [1.807, 2.05) is 0 Å². The summed E-state index contributed by atoms with van der Waals surface area (Å²) >= 11 is 0. The quantitative estimate of drug-likeness (QED) is 0.148. The third-order valence-corrected chi connectivity index (χ3v) is 8.40. The zero-order valence-electron chi connectivity index (χ0n) is 18.4. The molecule has 0 nitrogen and oxygen atoms in total. The van der Waals surface area contributed by atoms with E-state index in [0.29, 0.717) is 10.9 Å². The first-order valence-electron chi connectivity index (χ1n) is 11.9. The molecular formula is C24H51S+. The first-order valence-corrected chi connectivity index (χ1v) is 13.5. The van der Waals surface area contributed by atoms with Gasteiger partial charge >= 0.3 is 0 Å². The summed E-state index contributed by atoms with van der Waals surface area (Å²) in [7, 11) is 0.706. The molecule has 0 fully saturated rings. The summed E-state index contributed by atoms with van der Waals surface area (Å²) in [6.45, 7) is 9.51. The van der Waals surface area contributed by atoms with Crippen molar-refractivity contribution in [2.45, 2.75) is 142 Å². The van der Waals surface area contributed by atoms with Crippen LogP contribution in [0, 0.1) is 0 Å². The minimum Gasteiger partial charge on any atom is -0.0654 e. The Hall–Kier alpha value is 0.350. The van der Waals surface area contributed by atoms with Gasteiger partial charge in [-0.15, -0.1) is 0 Å². The van der Waals surface area contributed by atoms with Crippen LogP contribution in [0.25, 0.3) is 0 Å². The van der Waals surface area contributed by atoms with E-state index in [1.54, 1.807) is 0 Å². The van der Waals surface area contributed by atoms with E-state index in [4.69, 9.17) is 0 Å². The Labute approximate surface area is 164 Å². The first-order chi connectivity index (χ1) is 12.2. The highest BCUT2D eigenvalue weighted by atomic mass is 32.2. The van der Waals surface area contributed by atoms with Crippen LogP contribution < -0.4 is 0 Å². The standard InChI is InChI=1S/C24H51S/c1-5-7-9-10-11-12-13-14-15-16-17-18-19-21-23-25(24(3)4)22-20-8-6-2/h24H,5-23H2,1-4H3/q+1. The van der Waals surface area contributed by atoms with E-state index in [9.17, 15) is 0 Å². The molecular weight excluding hydrogens is 320 g/mol. The van der Waals surface area contributed by atoms with E-state index < -0.39 is 0 Å². The Morgan fingerprint density at radius 2 is 0.720 bits per heavy atom. The lowest BCUT2D eigenvalue weighted by Crippen LogP contribution is -2.22. The van der Waals surface area contributed by atoms with E-state index in [1.165, 1.54) is 121 Å². The fourth-order valence-corrected chi connectivity index (χ4v) is 5.89. The molecule has 1 unspecified atom stereocenters. The smallest absolute Gasteiger partial charge is 0.0654 e. The van der Waals surface area contributed by atoms with Crippen molar-refractivity contribution in [2.75, 3.05) is 11.5 Å². The molecule has 0 aromatic rings. The fraction of sp³-hybridized carbons (Fsp3) is 1.00. The van der Waals surface area contributed by atoms with Crippen LogP contribution in [-0.2, 0) is 10.9 Å². The van der Waals surface area contributed by atoms with Crippen LogP contribution in [-0.4, -0.2) is 16.8 Å². The molecule has 1 atom stereocenters. The van der Waals surface area contributed by atoms with E-state index in [0.717, 1.165) is 5.25 Å². The molecule has 25 heavy (non-hydrogen) atoms. The van der Waals surface area contributed by atoms with Gasteiger partial charge in [0.05, 0.1) is 0 Å². The normalized spacial score (nSPS) is 12.8. The van der Waals surface area contributed by atoms with Crippen molar-refractivity contribution in [2.24, 2.45) is 0 Å². The van der Waals surface area contributed by atoms with Gasteiger partial charge in [-0.1, -0.05) is 97.3 Å². The molecule has 0 aromatic heterocycles. The molecule has 0 radical (unpaired) electrons. The topological polar surface area (TPSA) is 0 Å². The summed E-state index contributed by atoms with van der Waals surface area (Å²) in [5.41, 5.74) is 0. The van der Waals surface area contributed by atoms with E-state index >= 15 is 0 Å². The molecule has 0 aliphatic carbocycles. The van der Waals surface area contributed by atoms with E-state index in [-0.39, 0.29) is 0 Å². The van der Waals surface area contributed by atoms with Crippen molar-refractivity contribution in [3.63, 3.8) is 0 Å². The van der Waals surface area contributed by atoms with Crippen LogP contribution in [0.3, 0.4) is 0 Å². The molecule has 0 amide bonds. The Morgan fingerprint density at radius 3 is 1.08 bits per heavy atom. The highest BCUT2D eigenvalue weighted by Gasteiger charge is 2.21. The van der Waals surface area contributed by atoms with Gasteiger partial charge in [0.1, 0.15) is 16.8 Å². The lowest BCUT2D eigenvalue weighted by atomic mass is 10.0. The lowest BCUT2D eigenvalue weighted by Gasteiger charge is -2.12. The molecule has 0 aromatic carbocycles. The fourth-order valence-electron chi connectivity index (χ4n) is 3.59. The Balaban J connectivity index is 3.28. The van der Waals surface area contributed by atoms with Gasteiger partial charge in [-0.25, -0.2) is 0 Å². The van der Waals surface area contributed by atoms with Crippen LogP contribution in [0.5, 0.6) is 0 Å². The zero-order chi connectivity index (χ0) is 18.6. The van der Waals surface area contributed by atoms with Crippen molar-refractivity contribution in [1.82, 2.24) is 0 Å². The largest absolute Gasteiger partial charge is 0.112 e. The summed E-state index contributed by atoms with van der Waals surface area (Å²) in [5.74, 6) is 3.02. The second-order valence-electron chi connectivity index (χ2n) is 8.30. The van der Waals surface area contributed by atoms with E-state index in [2.05, 4.69) is 27.7 Å². The van der Waals surface area contributed by atoms with Crippen molar-refractivity contribution < 1.29 is 0 Å². The van der Waals surface area contributed by atoms with Crippen molar-refractivity contribution in [3.05, 3.63) is 0 Å². The lowest BCUT2D eigenvalue weighted by molar-refractivity contribution is 0.538. The van der Waals surface area contributed by atoms with Crippen LogP contribution in [0.1, 0.15) is 137 Å². The van der Waals surface area contributed by atoms with Gasteiger partial charge in [-0.3, -0.25) is 0 Å². The second-order valence-corrected chi connectivity index (χ2v) is 11.1. The van der Waals surface area contributed by atoms with Gasteiger partial charge in [-0.2, -0.15) is 0 Å². The Kier molecular flexibility index (Phi) is 20.9. The third kappa shape index (κ3) is 18.9. The van der Waals surface area contributed by atoms with Gasteiger partial charge < -0.3 is 0 Å². The average molecular weight is 372 g/mol. The van der Waals surface area contributed by atoms with Crippen molar-refractivity contribution in [1.29, 1.82) is 0 Å². The molecule has 0 N–H and O–H groups in total. The molecule has 0 rings (SSSR count). The zero-order valence-corrected chi connectivity index (χ0v) is 19.2. The summed E-state index contributed by atoms with van der Waals surface area (Å²) in [4.78, 5) is 0. The predicted octanol–water partition coefficient (Wildman–Crippen LogP) is 8.68. The minimum absolute atomic E-state index is 0.706. The summed E-state index contributed by atoms with van der Waals surface area (Å²) in [6.07, 6.45) is 24.9. The number of hydrogen-bond donors (Lipinski definition) is 0. The average Bonchev–Trinajstić information content (AvgIpc) is 2.60. The van der Waals surface area contributed by atoms with Crippen LogP contribution in [0.15, 0.2) is 0 Å². The Morgan fingerprint density at radius 1 is 0.440 bits per heavy atom. The van der Waals surface area contributed by atoms with Gasteiger partial charge in [0, 0.05) is 0 Å². The minimum atomic E-state index is 0.706. The SMILES string of the molecule is CCCCCCCCCCCCCCCC[S+](CCCCC)C(C)C. The molecule has 0 saturated heterocycles. The van der Waals surface area contributed by atoms with Crippen LogP contribution in [0.2, 0.25) is 0 Å². The molecule has 0 aliphatic heterocycles. The summed E-state index contributed by atoms with van der Waals surface area (Å²) in [6, 6.07) is 0. The van der Waals surface area contributed by atoms with Crippen LogP contribution >= 0.6 is 0 Å². The highest BCUT2D eigenvalue weighted by molar-refractivity contribution is 7.97. The third-order valence-electron chi connectivity index (χ3n) is 5.44. The molecule has 0 aliphatic rings. The van der Waals surface area contributed by atoms with Crippen LogP contribution in [0.4, 0.5) is 0 Å².